The van der Waals surface area contributed by atoms with Crippen molar-refractivity contribution < 1.29 is 13.2 Å². The summed E-state index contributed by atoms with van der Waals surface area (Å²) in [6.45, 7) is 4.22. The highest BCUT2D eigenvalue weighted by molar-refractivity contribution is 7.90. The number of nitrogens with zero attached hydrogens (tertiary/aromatic N) is 2. The quantitative estimate of drug-likeness (QED) is 0.878. The van der Waals surface area contributed by atoms with Crippen molar-refractivity contribution >= 4 is 9.84 Å². The van der Waals surface area contributed by atoms with Gasteiger partial charge in [0.15, 0.2) is 14.9 Å². The van der Waals surface area contributed by atoms with Gasteiger partial charge in [0.25, 0.3) is 0 Å². The molecule has 0 aliphatic carbocycles. The molecule has 1 N–H and O–H groups in total. The number of pyridine rings is 1. The average Bonchev–Trinajstić information content (AvgIpc) is 2.96. The molecule has 0 unspecified atom stereocenters. The van der Waals surface area contributed by atoms with Crippen LogP contribution in [0.25, 0.3) is 0 Å². The molecule has 0 radical (unpaired) electrons. The lowest BCUT2D eigenvalue weighted by atomic mass is 10.1. The van der Waals surface area contributed by atoms with Gasteiger partial charge in [-0.25, -0.2) is 13.4 Å². The van der Waals surface area contributed by atoms with Crippen molar-refractivity contribution in [1.29, 1.82) is 0 Å². The van der Waals surface area contributed by atoms with E-state index in [1.165, 1.54) is 25.1 Å². The molecule has 122 valence electrons. The third kappa shape index (κ3) is 3.77. The molecule has 2 aliphatic heterocycles. The second kappa shape index (κ2) is 6.52. The third-order valence-electron chi connectivity index (χ3n) is 4.39. The summed E-state index contributed by atoms with van der Waals surface area (Å²) in [7, 11) is -3.25. The zero-order valence-corrected chi connectivity index (χ0v) is 13.7. The van der Waals surface area contributed by atoms with Crippen LogP contribution in [0.5, 0.6) is 5.75 Å². The molecule has 0 aromatic carbocycles. The van der Waals surface area contributed by atoms with Crippen molar-refractivity contribution in [2.24, 2.45) is 0 Å². The Bertz CT molecular complexity index is 597. The first-order valence-electron chi connectivity index (χ1n) is 7.80. The molecule has 0 bridgehead atoms. The highest BCUT2D eigenvalue weighted by Crippen LogP contribution is 2.22. The molecular formula is C15H23N3O3S. The van der Waals surface area contributed by atoms with Crippen LogP contribution in [0.2, 0.25) is 0 Å². The minimum Gasteiger partial charge on any atom is -0.487 e. The van der Waals surface area contributed by atoms with Crippen LogP contribution in [0, 0.1) is 0 Å². The topological polar surface area (TPSA) is 71.5 Å². The van der Waals surface area contributed by atoms with Gasteiger partial charge in [0.1, 0.15) is 11.9 Å². The van der Waals surface area contributed by atoms with E-state index in [-0.39, 0.29) is 11.1 Å². The Kier molecular flexibility index (Phi) is 4.65. The third-order valence-corrected chi connectivity index (χ3v) is 5.39. The summed E-state index contributed by atoms with van der Waals surface area (Å²) in [6, 6.07) is 3.86. The summed E-state index contributed by atoms with van der Waals surface area (Å²) < 4.78 is 28.7. The lowest BCUT2D eigenvalue weighted by molar-refractivity contribution is 0.158. The van der Waals surface area contributed by atoms with E-state index in [0.717, 1.165) is 38.9 Å². The van der Waals surface area contributed by atoms with Crippen LogP contribution in [0.3, 0.4) is 0 Å². The molecule has 6 nitrogen and oxygen atoms in total. The molecule has 1 atom stereocenters. The Labute approximate surface area is 131 Å². The Hall–Kier alpha value is -1.18. The average molecular weight is 325 g/mol. The molecular weight excluding hydrogens is 302 g/mol. The molecule has 2 aliphatic rings. The van der Waals surface area contributed by atoms with Gasteiger partial charge in [0.2, 0.25) is 0 Å². The number of ether oxygens (including phenoxy) is 1. The maximum Gasteiger partial charge on any atom is 0.192 e. The van der Waals surface area contributed by atoms with Crippen molar-refractivity contribution in [3.8, 4) is 5.75 Å². The Morgan fingerprint density at radius 2 is 2.05 bits per heavy atom. The van der Waals surface area contributed by atoms with Crippen LogP contribution in [0.4, 0.5) is 0 Å². The van der Waals surface area contributed by atoms with Crippen molar-refractivity contribution in [3.05, 3.63) is 18.3 Å². The Balaban J connectivity index is 1.55. The van der Waals surface area contributed by atoms with Gasteiger partial charge in [0, 0.05) is 25.4 Å². The summed E-state index contributed by atoms with van der Waals surface area (Å²) in [5, 5.41) is 3.48. The van der Waals surface area contributed by atoms with Gasteiger partial charge in [-0.1, -0.05) is 0 Å². The molecule has 3 heterocycles. The predicted molar refractivity (Wildman–Crippen MR) is 83.8 cm³/mol. The number of rotatable bonds is 4. The van der Waals surface area contributed by atoms with Crippen molar-refractivity contribution in [2.75, 3.05) is 32.4 Å². The van der Waals surface area contributed by atoms with Crippen molar-refractivity contribution in [1.82, 2.24) is 15.2 Å². The van der Waals surface area contributed by atoms with Crippen LogP contribution in [0.15, 0.2) is 23.4 Å². The van der Waals surface area contributed by atoms with Gasteiger partial charge >= 0.3 is 0 Å². The van der Waals surface area contributed by atoms with Gasteiger partial charge in [-0.3, -0.25) is 4.90 Å². The summed E-state index contributed by atoms with van der Waals surface area (Å²) in [4.78, 5) is 6.48. The normalized spacial score (nSPS) is 24.5. The number of likely N-dealkylation sites (tertiary alicyclic amines) is 1. The second-order valence-electron chi connectivity index (χ2n) is 6.11. The van der Waals surface area contributed by atoms with Crippen LogP contribution >= 0.6 is 0 Å². The smallest absolute Gasteiger partial charge is 0.192 e. The summed E-state index contributed by atoms with van der Waals surface area (Å²) in [5.41, 5.74) is 0. The minimum atomic E-state index is -3.25. The number of piperidine rings is 1. The molecule has 0 amide bonds. The van der Waals surface area contributed by atoms with Crippen LogP contribution in [0.1, 0.15) is 19.3 Å². The lowest BCUT2D eigenvalue weighted by Crippen LogP contribution is -2.42. The van der Waals surface area contributed by atoms with E-state index in [1.54, 1.807) is 6.07 Å². The van der Waals surface area contributed by atoms with E-state index < -0.39 is 9.84 Å². The number of hydrogen-bond donors (Lipinski definition) is 1. The van der Waals surface area contributed by atoms with E-state index in [1.807, 2.05) is 0 Å². The van der Waals surface area contributed by atoms with Gasteiger partial charge < -0.3 is 10.1 Å². The highest BCUT2D eigenvalue weighted by Gasteiger charge is 2.30. The van der Waals surface area contributed by atoms with E-state index in [9.17, 15) is 8.42 Å². The Morgan fingerprint density at radius 3 is 2.68 bits per heavy atom. The fourth-order valence-corrected chi connectivity index (χ4v) is 3.76. The molecule has 1 aromatic rings. The van der Waals surface area contributed by atoms with Gasteiger partial charge in [-0.2, -0.15) is 0 Å². The van der Waals surface area contributed by atoms with Crippen LogP contribution in [-0.4, -0.2) is 62.9 Å². The fraction of sp³-hybridized carbons (Fsp3) is 0.667. The van der Waals surface area contributed by atoms with Gasteiger partial charge in [-0.05, 0) is 44.5 Å². The number of hydrogen-bond acceptors (Lipinski definition) is 6. The molecule has 3 rings (SSSR count). The molecule has 1 aromatic heterocycles. The molecule has 22 heavy (non-hydrogen) atoms. The first kappa shape index (κ1) is 15.7. The second-order valence-corrected chi connectivity index (χ2v) is 8.07. The highest BCUT2D eigenvalue weighted by atomic mass is 32.2. The molecule has 2 fully saturated rings. The van der Waals surface area contributed by atoms with Crippen molar-refractivity contribution in [3.63, 3.8) is 0 Å². The zero-order valence-electron chi connectivity index (χ0n) is 12.9. The van der Waals surface area contributed by atoms with Gasteiger partial charge in [-0.15, -0.1) is 0 Å². The van der Waals surface area contributed by atoms with E-state index >= 15 is 0 Å². The van der Waals surface area contributed by atoms with E-state index in [0.29, 0.717) is 11.8 Å². The predicted octanol–water partition coefficient (Wildman–Crippen LogP) is 0.690. The minimum absolute atomic E-state index is 0.0857. The van der Waals surface area contributed by atoms with E-state index in [4.69, 9.17) is 4.74 Å². The molecule has 7 heteroatoms. The van der Waals surface area contributed by atoms with Crippen LogP contribution < -0.4 is 10.1 Å². The zero-order chi connectivity index (χ0) is 15.6. The molecule has 0 saturated carbocycles. The molecule has 0 spiro atoms. The fourth-order valence-electron chi connectivity index (χ4n) is 3.20. The van der Waals surface area contributed by atoms with Gasteiger partial charge in [0.05, 0.1) is 6.20 Å². The first-order chi connectivity index (χ1) is 10.5. The summed E-state index contributed by atoms with van der Waals surface area (Å²) in [6.07, 6.45) is 6.25. The monoisotopic (exact) mass is 325 g/mol. The largest absolute Gasteiger partial charge is 0.487 e. The maximum absolute atomic E-state index is 11.4. The Morgan fingerprint density at radius 1 is 1.27 bits per heavy atom. The van der Waals surface area contributed by atoms with E-state index in [2.05, 4.69) is 15.2 Å². The summed E-state index contributed by atoms with van der Waals surface area (Å²) >= 11 is 0. The number of aromatic nitrogens is 1. The maximum atomic E-state index is 11.4. The number of sulfone groups is 1. The van der Waals surface area contributed by atoms with Crippen LogP contribution in [-0.2, 0) is 9.84 Å². The molecule has 2 saturated heterocycles. The van der Waals surface area contributed by atoms with Crippen molar-refractivity contribution in [2.45, 2.75) is 36.4 Å². The standard InChI is InChI=1S/C15H23N3O3S/c1-22(19,20)15-3-2-13(10-17-15)21-14-6-9-18(11-14)12-4-7-16-8-5-12/h2-3,10,12,14,16H,4-9,11H2,1H3/t14-/m0/s1. The lowest BCUT2D eigenvalue weighted by Gasteiger charge is -2.31. The first-order valence-corrected chi connectivity index (χ1v) is 9.69. The number of nitrogens with one attached hydrogen (secondary N) is 1. The SMILES string of the molecule is CS(=O)(=O)c1ccc(O[C@H]2CCN(C3CCNCC3)C2)cn1. The summed E-state index contributed by atoms with van der Waals surface area (Å²) in [5.74, 6) is 0.643.